The molecule has 10 nitrogen and oxygen atoms in total. The van der Waals surface area contributed by atoms with Gasteiger partial charge in [0.05, 0.1) is 43.1 Å². The number of ether oxygens (including phenoxy) is 1. The molecule has 3 aliphatic rings. The van der Waals surface area contributed by atoms with Gasteiger partial charge in [-0.1, -0.05) is 36.9 Å². The van der Waals surface area contributed by atoms with Crippen molar-refractivity contribution in [3.05, 3.63) is 71.4 Å². The number of aryl methyl sites for hydroxylation is 1. The molecule has 2 fully saturated rings. The van der Waals surface area contributed by atoms with Crippen molar-refractivity contribution in [3.63, 3.8) is 0 Å². The molecule has 1 amide bonds. The molecule has 0 radical (unpaired) electrons. The highest BCUT2D eigenvalue weighted by molar-refractivity contribution is 5.97. The van der Waals surface area contributed by atoms with Crippen LogP contribution in [0.4, 0.5) is 11.4 Å². The summed E-state index contributed by atoms with van der Waals surface area (Å²) in [7, 11) is 2.16. The Bertz CT molecular complexity index is 1710. The van der Waals surface area contributed by atoms with E-state index in [1.165, 1.54) is 28.1 Å². The third-order valence-corrected chi connectivity index (χ3v) is 9.87. The molecule has 0 aliphatic carbocycles. The van der Waals surface area contributed by atoms with E-state index in [0.717, 1.165) is 62.6 Å². The number of hydrogen-bond acceptors (Lipinski definition) is 9. The molecule has 2 saturated heterocycles. The molecular weight excluding hydrogens is 588 g/mol. The van der Waals surface area contributed by atoms with Crippen molar-refractivity contribution in [2.75, 3.05) is 82.4 Å². The number of nitrogens with zero attached hydrogens (tertiary/aromatic N) is 8. The van der Waals surface area contributed by atoms with E-state index in [1.54, 1.807) is 4.90 Å². The van der Waals surface area contributed by atoms with Crippen LogP contribution in [0.5, 0.6) is 5.88 Å². The number of likely N-dealkylation sites (N-methyl/N-ethyl adjacent to an activating group) is 1. The summed E-state index contributed by atoms with van der Waals surface area (Å²) < 4.78 is 6.37. The van der Waals surface area contributed by atoms with Gasteiger partial charge in [0.1, 0.15) is 11.6 Å². The molecule has 1 unspecified atom stereocenters. The highest BCUT2D eigenvalue weighted by atomic mass is 16.5. The predicted molar refractivity (Wildman–Crippen MR) is 185 cm³/mol. The molecule has 0 bridgehead atoms. The van der Waals surface area contributed by atoms with Gasteiger partial charge in [0.25, 0.3) is 0 Å². The second-order valence-electron chi connectivity index (χ2n) is 12.8. The maximum atomic E-state index is 12.7. The Morgan fingerprint density at radius 3 is 2.60 bits per heavy atom. The Morgan fingerprint density at radius 2 is 1.85 bits per heavy atom. The quantitative estimate of drug-likeness (QED) is 0.255. The Hall–Kier alpha value is -4.64. The van der Waals surface area contributed by atoms with Crippen LogP contribution in [0.15, 0.2) is 49.1 Å². The standard InChI is InChI=1S/C37H44N8O2/c1-4-34(46)45-22-21-44(25-29(45)12-14-38)36-30-13-16-43(33-11-6-10-28-9-5-8-27(2)35(28)33)26-32(30)40-37(31(36)24-39)47-23-7-15-42-19-17-41(3)18-20-42/h4-6,8-11,29H,1,7,12-13,15-23,25-26H2,2-3H3. The van der Waals surface area contributed by atoms with Crippen LogP contribution in [0.2, 0.25) is 0 Å². The Morgan fingerprint density at radius 1 is 1.06 bits per heavy atom. The van der Waals surface area contributed by atoms with E-state index in [1.807, 2.05) is 0 Å². The number of nitriles is 2. The van der Waals surface area contributed by atoms with E-state index in [2.05, 4.69) is 88.7 Å². The second kappa shape index (κ2) is 14.4. The number of carbonyl (C=O) groups is 1. The minimum Gasteiger partial charge on any atom is -0.477 e. The first kappa shape index (κ1) is 32.3. The number of amides is 1. The molecule has 1 atom stereocenters. The molecule has 0 saturated carbocycles. The number of hydrogen-bond donors (Lipinski definition) is 0. The zero-order chi connectivity index (χ0) is 32.9. The van der Waals surface area contributed by atoms with Crippen LogP contribution in [0, 0.1) is 29.6 Å². The van der Waals surface area contributed by atoms with Crippen LogP contribution in [0.1, 0.15) is 35.2 Å². The third-order valence-electron chi connectivity index (χ3n) is 9.87. The topological polar surface area (TPSA) is 103 Å². The smallest absolute Gasteiger partial charge is 0.246 e. The minimum absolute atomic E-state index is 0.174. The van der Waals surface area contributed by atoms with E-state index < -0.39 is 0 Å². The van der Waals surface area contributed by atoms with Crippen molar-refractivity contribution in [3.8, 4) is 18.0 Å². The molecule has 4 heterocycles. The molecule has 2 aromatic carbocycles. The Labute approximate surface area is 278 Å². The van der Waals surface area contributed by atoms with Crippen molar-refractivity contribution in [1.82, 2.24) is 19.7 Å². The fraction of sp³-hybridized carbons (Fsp3) is 0.459. The van der Waals surface area contributed by atoms with E-state index in [4.69, 9.17) is 9.72 Å². The van der Waals surface area contributed by atoms with E-state index in [9.17, 15) is 15.3 Å². The monoisotopic (exact) mass is 632 g/mol. The fourth-order valence-electron chi connectivity index (χ4n) is 7.34. The molecule has 6 rings (SSSR count). The summed E-state index contributed by atoms with van der Waals surface area (Å²) in [6.07, 6.45) is 3.07. The molecule has 244 valence electrons. The van der Waals surface area contributed by atoms with Gasteiger partial charge in [0, 0.05) is 75.5 Å². The lowest BCUT2D eigenvalue weighted by Gasteiger charge is -2.43. The number of carbonyl (C=O) groups excluding carboxylic acids is 1. The number of piperazine rings is 2. The van der Waals surface area contributed by atoms with Gasteiger partial charge >= 0.3 is 0 Å². The average Bonchev–Trinajstić information content (AvgIpc) is 3.09. The molecule has 10 heteroatoms. The van der Waals surface area contributed by atoms with Crippen LogP contribution in [-0.2, 0) is 17.8 Å². The lowest BCUT2D eigenvalue weighted by atomic mass is 9.95. The minimum atomic E-state index is -0.304. The molecular formula is C37H44N8O2. The van der Waals surface area contributed by atoms with Gasteiger partial charge in [-0.05, 0) is 49.9 Å². The van der Waals surface area contributed by atoms with E-state index in [0.29, 0.717) is 50.7 Å². The first-order valence-electron chi connectivity index (χ1n) is 16.7. The third kappa shape index (κ3) is 6.76. The van der Waals surface area contributed by atoms with Crippen molar-refractivity contribution >= 4 is 28.1 Å². The number of fused-ring (bicyclic) bond motifs is 2. The van der Waals surface area contributed by atoms with Crippen LogP contribution in [0.3, 0.4) is 0 Å². The first-order chi connectivity index (χ1) is 22.9. The van der Waals surface area contributed by atoms with Crippen LogP contribution >= 0.6 is 0 Å². The zero-order valence-corrected chi connectivity index (χ0v) is 27.6. The Kier molecular flexibility index (Phi) is 9.91. The second-order valence-corrected chi connectivity index (χ2v) is 12.8. The van der Waals surface area contributed by atoms with Crippen LogP contribution < -0.4 is 14.5 Å². The van der Waals surface area contributed by atoms with Gasteiger partial charge in [-0.3, -0.25) is 4.79 Å². The molecule has 47 heavy (non-hydrogen) atoms. The summed E-state index contributed by atoms with van der Waals surface area (Å²) in [5.41, 5.74) is 5.66. The van der Waals surface area contributed by atoms with Gasteiger partial charge in [0.2, 0.25) is 11.8 Å². The zero-order valence-electron chi connectivity index (χ0n) is 27.6. The summed E-state index contributed by atoms with van der Waals surface area (Å²) >= 11 is 0. The maximum absolute atomic E-state index is 12.7. The van der Waals surface area contributed by atoms with Crippen LogP contribution in [0.25, 0.3) is 10.8 Å². The SMILES string of the molecule is C=CC(=O)N1CCN(c2c(C#N)c(OCCCN3CCN(C)CC3)nc3c2CCN(c2cccc4cccc(C)c24)C3)CC1CC#N. The van der Waals surface area contributed by atoms with Crippen molar-refractivity contribution in [1.29, 1.82) is 10.5 Å². The van der Waals surface area contributed by atoms with Gasteiger partial charge in [-0.25, -0.2) is 4.98 Å². The van der Waals surface area contributed by atoms with E-state index >= 15 is 0 Å². The van der Waals surface area contributed by atoms with Crippen molar-refractivity contribution in [2.45, 2.75) is 38.8 Å². The molecule has 3 aromatic rings. The lowest BCUT2D eigenvalue weighted by molar-refractivity contribution is -0.128. The van der Waals surface area contributed by atoms with Crippen molar-refractivity contribution < 1.29 is 9.53 Å². The molecule has 0 N–H and O–H groups in total. The molecule has 0 spiro atoms. The maximum Gasteiger partial charge on any atom is 0.246 e. The summed E-state index contributed by atoms with van der Waals surface area (Å²) in [6, 6.07) is 17.3. The number of pyridine rings is 1. The van der Waals surface area contributed by atoms with Crippen LogP contribution in [-0.4, -0.2) is 104 Å². The summed E-state index contributed by atoms with van der Waals surface area (Å²) in [5.74, 6) is 0.199. The number of rotatable bonds is 9. The number of benzene rings is 2. The summed E-state index contributed by atoms with van der Waals surface area (Å²) in [5, 5.41) is 22.7. The summed E-state index contributed by atoms with van der Waals surface area (Å²) in [4.78, 5) is 28.8. The van der Waals surface area contributed by atoms with E-state index in [-0.39, 0.29) is 18.4 Å². The van der Waals surface area contributed by atoms with Crippen molar-refractivity contribution in [2.24, 2.45) is 0 Å². The number of anilines is 2. The average molecular weight is 633 g/mol. The first-order valence-corrected chi connectivity index (χ1v) is 16.7. The fourth-order valence-corrected chi connectivity index (χ4v) is 7.34. The Balaban J connectivity index is 1.33. The summed E-state index contributed by atoms with van der Waals surface area (Å²) in [6.45, 7) is 14.3. The highest BCUT2D eigenvalue weighted by Gasteiger charge is 2.35. The number of aromatic nitrogens is 1. The highest BCUT2D eigenvalue weighted by Crippen LogP contribution is 2.40. The van der Waals surface area contributed by atoms with Gasteiger partial charge in [-0.15, -0.1) is 0 Å². The normalized spacial score (nSPS) is 18.8. The van der Waals surface area contributed by atoms with Gasteiger partial charge in [-0.2, -0.15) is 10.5 Å². The molecule has 1 aromatic heterocycles. The van der Waals surface area contributed by atoms with Gasteiger partial charge in [0.15, 0.2) is 0 Å². The largest absolute Gasteiger partial charge is 0.477 e. The predicted octanol–water partition coefficient (Wildman–Crippen LogP) is 4.11. The lowest BCUT2D eigenvalue weighted by Crippen LogP contribution is -2.55. The molecule has 3 aliphatic heterocycles. The van der Waals surface area contributed by atoms with Gasteiger partial charge < -0.3 is 29.2 Å².